The van der Waals surface area contributed by atoms with Crippen LogP contribution in [0.1, 0.15) is 5.56 Å². The van der Waals surface area contributed by atoms with Crippen molar-refractivity contribution in [3.05, 3.63) is 59.9 Å². The first-order valence-corrected chi connectivity index (χ1v) is 7.33. The second-order valence-electron chi connectivity index (χ2n) is 4.00. The highest BCUT2D eigenvalue weighted by molar-refractivity contribution is 14.1. The topological polar surface area (TPSA) is 52.4 Å². The van der Waals surface area contributed by atoms with Gasteiger partial charge in [-0.2, -0.15) is 0 Å². The molecule has 0 atom stereocenters. The fourth-order valence-corrected chi connectivity index (χ4v) is 2.34. The van der Waals surface area contributed by atoms with Gasteiger partial charge in [0.2, 0.25) is 5.75 Å². The Morgan fingerprint density at radius 1 is 1.30 bits per heavy atom. The van der Waals surface area contributed by atoms with Gasteiger partial charge in [0.05, 0.1) is 8.49 Å². The Morgan fingerprint density at radius 2 is 2.00 bits per heavy atom. The standard InChI is InChI=1S/C13H8BrFINO3/c1-7-2-3-8(14)4-12(7)20-13-5-9(15)10(16)6-11(13)17(18)19/h2-6H,1H3. The average molecular weight is 452 g/mol. The van der Waals surface area contributed by atoms with E-state index in [1.165, 1.54) is 0 Å². The van der Waals surface area contributed by atoms with Crippen LogP contribution in [-0.2, 0) is 0 Å². The summed E-state index contributed by atoms with van der Waals surface area (Å²) in [5, 5.41) is 11.0. The van der Waals surface area contributed by atoms with E-state index in [0.29, 0.717) is 5.75 Å². The van der Waals surface area contributed by atoms with Crippen molar-refractivity contribution >= 4 is 44.2 Å². The fraction of sp³-hybridized carbons (Fsp3) is 0.0769. The molecule has 2 aromatic rings. The molecule has 0 aliphatic rings. The summed E-state index contributed by atoms with van der Waals surface area (Å²) in [6.45, 7) is 1.80. The zero-order chi connectivity index (χ0) is 14.9. The predicted molar refractivity (Wildman–Crippen MR) is 84.7 cm³/mol. The molecule has 0 aromatic heterocycles. The first-order valence-electron chi connectivity index (χ1n) is 5.46. The average Bonchev–Trinajstić information content (AvgIpc) is 2.37. The maximum Gasteiger partial charge on any atom is 0.312 e. The molecule has 7 heteroatoms. The molecule has 0 aliphatic heterocycles. The molecule has 2 aromatic carbocycles. The lowest BCUT2D eigenvalue weighted by Crippen LogP contribution is -1.97. The lowest BCUT2D eigenvalue weighted by Gasteiger charge is -2.10. The van der Waals surface area contributed by atoms with Gasteiger partial charge < -0.3 is 4.74 Å². The van der Waals surface area contributed by atoms with E-state index in [9.17, 15) is 14.5 Å². The molecule has 2 rings (SSSR count). The maximum absolute atomic E-state index is 13.6. The second kappa shape index (κ2) is 6.04. The van der Waals surface area contributed by atoms with Gasteiger partial charge in [-0.1, -0.05) is 22.0 Å². The Bertz CT molecular complexity index is 694. The van der Waals surface area contributed by atoms with Crippen molar-refractivity contribution in [3.8, 4) is 11.5 Å². The number of halogens is 3. The third-order valence-electron chi connectivity index (χ3n) is 2.57. The minimum Gasteiger partial charge on any atom is -0.450 e. The van der Waals surface area contributed by atoms with E-state index in [0.717, 1.165) is 22.2 Å². The quantitative estimate of drug-likeness (QED) is 0.366. The summed E-state index contributed by atoms with van der Waals surface area (Å²) in [4.78, 5) is 10.4. The number of nitro benzene ring substituents is 1. The Labute approximate surface area is 136 Å². The van der Waals surface area contributed by atoms with Crippen LogP contribution >= 0.6 is 38.5 Å². The van der Waals surface area contributed by atoms with E-state index in [2.05, 4.69) is 15.9 Å². The summed E-state index contributed by atoms with van der Waals surface area (Å²) in [5.74, 6) is -0.240. The van der Waals surface area contributed by atoms with Gasteiger partial charge in [0.1, 0.15) is 11.6 Å². The van der Waals surface area contributed by atoms with Crippen molar-refractivity contribution in [2.75, 3.05) is 0 Å². The van der Waals surface area contributed by atoms with E-state index in [4.69, 9.17) is 4.74 Å². The number of aryl methyl sites for hydroxylation is 1. The fourth-order valence-electron chi connectivity index (χ4n) is 1.54. The molecular formula is C13H8BrFINO3. The highest BCUT2D eigenvalue weighted by atomic mass is 127. The molecule has 0 fully saturated rings. The molecular weight excluding hydrogens is 444 g/mol. The van der Waals surface area contributed by atoms with Crippen molar-refractivity contribution in [1.29, 1.82) is 0 Å². The molecule has 0 heterocycles. The van der Waals surface area contributed by atoms with Crippen molar-refractivity contribution in [3.63, 3.8) is 0 Å². The van der Waals surface area contributed by atoms with Gasteiger partial charge in [0, 0.05) is 16.6 Å². The Morgan fingerprint density at radius 3 is 2.65 bits per heavy atom. The predicted octanol–water partition coefficient (Wildman–Crippen LogP) is 5.20. The van der Waals surface area contributed by atoms with Gasteiger partial charge in [-0.05, 0) is 47.2 Å². The van der Waals surface area contributed by atoms with E-state index >= 15 is 0 Å². The van der Waals surface area contributed by atoms with Crippen LogP contribution < -0.4 is 4.74 Å². The smallest absolute Gasteiger partial charge is 0.312 e. The Kier molecular flexibility index (Phi) is 4.59. The van der Waals surface area contributed by atoms with Crippen LogP contribution in [0.5, 0.6) is 11.5 Å². The van der Waals surface area contributed by atoms with Crippen LogP contribution in [0.3, 0.4) is 0 Å². The third kappa shape index (κ3) is 3.26. The van der Waals surface area contributed by atoms with E-state index in [1.807, 2.05) is 6.07 Å². The first-order chi connectivity index (χ1) is 9.38. The number of hydrogen-bond donors (Lipinski definition) is 0. The van der Waals surface area contributed by atoms with Crippen molar-refractivity contribution in [2.45, 2.75) is 6.92 Å². The van der Waals surface area contributed by atoms with Gasteiger partial charge in [-0.15, -0.1) is 0 Å². The largest absolute Gasteiger partial charge is 0.450 e. The van der Waals surface area contributed by atoms with Gasteiger partial charge in [-0.25, -0.2) is 4.39 Å². The highest BCUT2D eigenvalue weighted by Crippen LogP contribution is 2.36. The number of nitro groups is 1. The summed E-state index contributed by atoms with van der Waals surface area (Å²) >= 11 is 4.99. The van der Waals surface area contributed by atoms with Gasteiger partial charge in [0.25, 0.3) is 0 Å². The molecule has 0 bridgehead atoms. The Balaban J connectivity index is 2.50. The van der Waals surface area contributed by atoms with Crippen LogP contribution in [0.2, 0.25) is 0 Å². The molecule has 0 radical (unpaired) electrons. The third-order valence-corrected chi connectivity index (χ3v) is 3.89. The number of rotatable bonds is 3. The molecule has 0 amide bonds. The van der Waals surface area contributed by atoms with Crippen molar-refractivity contribution < 1.29 is 14.1 Å². The minimum atomic E-state index is -0.593. The van der Waals surface area contributed by atoms with Crippen LogP contribution in [0.15, 0.2) is 34.8 Å². The molecule has 0 saturated heterocycles. The van der Waals surface area contributed by atoms with E-state index < -0.39 is 10.7 Å². The summed E-state index contributed by atoms with van der Waals surface area (Å²) in [5.41, 5.74) is 0.525. The lowest BCUT2D eigenvalue weighted by atomic mass is 10.2. The van der Waals surface area contributed by atoms with Gasteiger partial charge in [0.15, 0.2) is 0 Å². The first kappa shape index (κ1) is 15.2. The highest BCUT2D eigenvalue weighted by Gasteiger charge is 2.20. The summed E-state index contributed by atoms with van der Waals surface area (Å²) < 4.78 is 20.0. The van der Waals surface area contributed by atoms with Crippen LogP contribution in [-0.4, -0.2) is 4.92 Å². The number of hydrogen-bond acceptors (Lipinski definition) is 3. The number of benzene rings is 2. The monoisotopic (exact) mass is 451 g/mol. The van der Waals surface area contributed by atoms with E-state index in [1.54, 1.807) is 41.6 Å². The maximum atomic E-state index is 13.6. The van der Waals surface area contributed by atoms with Crippen LogP contribution in [0.4, 0.5) is 10.1 Å². The molecule has 20 heavy (non-hydrogen) atoms. The van der Waals surface area contributed by atoms with Gasteiger partial charge >= 0.3 is 5.69 Å². The van der Waals surface area contributed by atoms with E-state index in [-0.39, 0.29) is 15.0 Å². The summed E-state index contributed by atoms with van der Waals surface area (Å²) in [6, 6.07) is 7.48. The van der Waals surface area contributed by atoms with Crippen molar-refractivity contribution in [2.24, 2.45) is 0 Å². The number of ether oxygens (including phenoxy) is 1. The summed E-state index contributed by atoms with van der Waals surface area (Å²) in [6.07, 6.45) is 0. The zero-order valence-corrected chi connectivity index (χ0v) is 13.9. The number of nitrogens with zero attached hydrogens (tertiary/aromatic N) is 1. The zero-order valence-electron chi connectivity index (χ0n) is 10.2. The normalized spacial score (nSPS) is 10.4. The van der Waals surface area contributed by atoms with Crippen molar-refractivity contribution in [1.82, 2.24) is 0 Å². The van der Waals surface area contributed by atoms with Gasteiger partial charge in [-0.3, -0.25) is 10.1 Å². The molecule has 0 N–H and O–H groups in total. The molecule has 0 aliphatic carbocycles. The molecule has 0 saturated carbocycles. The Hall–Kier alpha value is -1.22. The molecule has 4 nitrogen and oxygen atoms in total. The minimum absolute atomic E-state index is 0.117. The SMILES string of the molecule is Cc1ccc(Br)cc1Oc1cc(F)c(I)cc1[N+](=O)[O-]. The van der Waals surface area contributed by atoms with Crippen LogP contribution in [0, 0.1) is 26.4 Å². The summed E-state index contributed by atoms with van der Waals surface area (Å²) in [7, 11) is 0. The lowest BCUT2D eigenvalue weighted by molar-refractivity contribution is -0.385. The second-order valence-corrected chi connectivity index (χ2v) is 6.08. The molecule has 0 unspecified atom stereocenters. The molecule has 0 spiro atoms. The van der Waals surface area contributed by atoms with Crippen LogP contribution in [0.25, 0.3) is 0 Å². The molecule has 104 valence electrons.